The Hall–Kier alpha value is -3.08. The molecule has 0 aliphatic carbocycles. The third kappa shape index (κ3) is 4.60. The maximum atomic E-state index is 11.3. The summed E-state index contributed by atoms with van der Waals surface area (Å²) in [5, 5.41) is 2.81. The van der Waals surface area contributed by atoms with Crippen molar-refractivity contribution in [1.82, 2.24) is 14.9 Å². The molecule has 28 heavy (non-hydrogen) atoms. The number of carbonyl (C=O) groups is 1. The largest absolute Gasteiger partial charge is 0.491 e. The number of aryl methyl sites for hydroxylation is 3. The summed E-state index contributed by atoms with van der Waals surface area (Å²) in [6.07, 6.45) is 2.90. The smallest absolute Gasteiger partial charge is 0.243 e. The van der Waals surface area contributed by atoms with Crippen LogP contribution >= 0.6 is 0 Å². The Balaban J connectivity index is 1.70. The van der Waals surface area contributed by atoms with E-state index in [-0.39, 0.29) is 5.91 Å². The molecule has 1 aromatic heterocycles. The molecule has 0 bridgehead atoms. The SMILES string of the molecule is C=CC(=O)NCCCc1nc2ccccc2n1CCOc1c(C)cccc1C. The molecule has 0 spiro atoms. The minimum atomic E-state index is -0.143. The van der Waals surface area contributed by atoms with Crippen molar-refractivity contribution in [2.45, 2.75) is 33.2 Å². The lowest BCUT2D eigenvalue weighted by Gasteiger charge is -2.14. The lowest BCUT2D eigenvalue weighted by molar-refractivity contribution is -0.116. The van der Waals surface area contributed by atoms with E-state index < -0.39 is 0 Å². The van der Waals surface area contributed by atoms with Crippen molar-refractivity contribution in [3.8, 4) is 5.75 Å². The molecule has 0 fully saturated rings. The van der Waals surface area contributed by atoms with Crippen LogP contribution in [-0.4, -0.2) is 28.6 Å². The molecular weight excluding hydrogens is 350 g/mol. The quantitative estimate of drug-likeness (QED) is 0.453. The Morgan fingerprint density at radius 3 is 2.68 bits per heavy atom. The van der Waals surface area contributed by atoms with E-state index in [1.54, 1.807) is 0 Å². The molecule has 5 heteroatoms. The second-order valence-corrected chi connectivity index (χ2v) is 6.84. The summed E-state index contributed by atoms with van der Waals surface area (Å²) in [7, 11) is 0. The number of amides is 1. The summed E-state index contributed by atoms with van der Waals surface area (Å²) in [6, 6.07) is 14.3. The monoisotopic (exact) mass is 377 g/mol. The minimum Gasteiger partial charge on any atom is -0.491 e. The van der Waals surface area contributed by atoms with Crippen LogP contribution in [0.1, 0.15) is 23.4 Å². The van der Waals surface area contributed by atoms with Crippen molar-refractivity contribution >= 4 is 16.9 Å². The Morgan fingerprint density at radius 1 is 1.18 bits per heavy atom. The van der Waals surface area contributed by atoms with E-state index >= 15 is 0 Å². The van der Waals surface area contributed by atoms with Gasteiger partial charge in [0.05, 0.1) is 17.6 Å². The highest BCUT2D eigenvalue weighted by atomic mass is 16.5. The van der Waals surface area contributed by atoms with Crippen LogP contribution in [0.3, 0.4) is 0 Å². The van der Waals surface area contributed by atoms with Crippen LogP contribution < -0.4 is 10.1 Å². The lowest BCUT2D eigenvalue weighted by Crippen LogP contribution is -2.22. The molecule has 0 radical (unpaired) electrons. The van der Waals surface area contributed by atoms with E-state index in [9.17, 15) is 4.79 Å². The topological polar surface area (TPSA) is 56.2 Å². The number of nitrogens with zero attached hydrogens (tertiary/aromatic N) is 2. The Kier molecular flexibility index (Phi) is 6.48. The molecule has 3 rings (SSSR count). The van der Waals surface area contributed by atoms with Crippen molar-refractivity contribution in [1.29, 1.82) is 0 Å². The maximum absolute atomic E-state index is 11.3. The summed E-state index contributed by atoms with van der Waals surface area (Å²) < 4.78 is 8.32. The number of hydrogen-bond acceptors (Lipinski definition) is 3. The molecule has 2 aromatic carbocycles. The fourth-order valence-corrected chi connectivity index (χ4v) is 3.36. The van der Waals surface area contributed by atoms with Crippen LogP contribution in [0.25, 0.3) is 11.0 Å². The maximum Gasteiger partial charge on any atom is 0.243 e. The predicted molar refractivity (Wildman–Crippen MR) is 113 cm³/mol. The molecule has 0 saturated heterocycles. The number of carbonyl (C=O) groups excluding carboxylic acids is 1. The minimum absolute atomic E-state index is 0.143. The van der Waals surface area contributed by atoms with Gasteiger partial charge in [-0.25, -0.2) is 4.98 Å². The van der Waals surface area contributed by atoms with E-state index in [0.29, 0.717) is 13.2 Å². The number of aromatic nitrogens is 2. The number of fused-ring (bicyclic) bond motifs is 1. The van der Waals surface area contributed by atoms with Gasteiger partial charge in [0.15, 0.2) is 0 Å². The van der Waals surface area contributed by atoms with Gasteiger partial charge >= 0.3 is 0 Å². The fourth-order valence-electron chi connectivity index (χ4n) is 3.36. The van der Waals surface area contributed by atoms with Crippen LogP contribution in [0.5, 0.6) is 5.75 Å². The molecule has 3 aromatic rings. The van der Waals surface area contributed by atoms with Gasteiger partial charge in [-0.3, -0.25) is 4.79 Å². The zero-order valence-electron chi connectivity index (χ0n) is 16.6. The Morgan fingerprint density at radius 2 is 1.93 bits per heavy atom. The second kappa shape index (κ2) is 9.22. The van der Waals surface area contributed by atoms with Crippen molar-refractivity contribution in [2.24, 2.45) is 0 Å². The second-order valence-electron chi connectivity index (χ2n) is 6.84. The molecule has 0 unspecified atom stereocenters. The first-order chi connectivity index (χ1) is 13.6. The molecule has 1 N–H and O–H groups in total. The normalized spacial score (nSPS) is 10.8. The van der Waals surface area contributed by atoms with Crippen LogP contribution in [0.2, 0.25) is 0 Å². The van der Waals surface area contributed by atoms with E-state index in [0.717, 1.165) is 53.1 Å². The molecule has 146 valence electrons. The number of rotatable bonds is 9. The molecule has 0 saturated carbocycles. The van der Waals surface area contributed by atoms with Crippen LogP contribution in [0.4, 0.5) is 0 Å². The average Bonchev–Trinajstić information content (AvgIpc) is 3.05. The summed E-state index contributed by atoms with van der Waals surface area (Å²) in [4.78, 5) is 16.1. The van der Waals surface area contributed by atoms with Crippen molar-refractivity contribution in [2.75, 3.05) is 13.2 Å². The summed E-state index contributed by atoms with van der Waals surface area (Å²) in [5.74, 6) is 1.83. The van der Waals surface area contributed by atoms with E-state index in [4.69, 9.17) is 9.72 Å². The van der Waals surface area contributed by atoms with Gasteiger partial charge in [0.2, 0.25) is 5.91 Å². The van der Waals surface area contributed by atoms with Crippen LogP contribution in [0.15, 0.2) is 55.1 Å². The molecular formula is C23H27N3O2. The fraction of sp³-hybridized carbons (Fsp3) is 0.304. The number of ether oxygens (including phenoxy) is 1. The third-order valence-electron chi connectivity index (χ3n) is 4.77. The van der Waals surface area contributed by atoms with Gasteiger partial charge < -0.3 is 14.6 Å². The first-order valence-electron chi connectivity index (χ1n) is 9.63. The highest BCUT2D eigenvalue weighted by molar-refractivity contribution is 5.86. The van der Waals surface area contributed by atoms with Crippen molar-refractivity contribution in [3.63, 3.8) is 0 Å². The average molecular weight is 377 g/mol. The zero-order valence-corrected chi connectivity index (χ0v) is 16.6. The van der Waals surface area contributed by atoms with E-state index in [1.807, 2.05) is 24.3 Å². The number of imidazole rings is 1. The molecule has 0 atom stereocenters. The molecule has 1 heterocycles. The number of hydrogen-bond donors (Lipinski definition) is 1. The first kappa shape index (κ1) is 19.7. The highest BCUT2D eigenvalue weighted by Gasteiger charge is 2.11. The van der Waals surface area contributed by atoms with Crippen LogP contribution in [-0.2, 0) is 17.8 Å². The summed E-state index contributed by atoms with van der Waals surface area (Å²) in [5.41, 5.74) is 4.39. The van der Waals surface area contributed by atoms with E-state index in [1.165, 1.54) is 6.08 Å². The standard InChI is InChI=1S/C23H27N3O2/c1-4-22(27)24-14-8-13-21-25-19-11-5-6-12-20(19)26(21)15-16-28-23-17(2)9-7-10-18(23)3/h4-7,9-12H,1,8,13-16H2,2-3H3,(H,24,27). The van der Waals surface area contributed by atoms with Gasteiger partial charge in [0, 0.05) is 13.0 Å². The zero-order chi connectivity index (χ0) is 19.9. The lowest BCUT2D eigenvalue weighted by atomic mass is 10.1. The van der Waals surface area contributed by atoms with Gasteiger partial charge in [-0.2, -0.15) is 0 Å². The molecule has 0 aliphatic heterocycles. The van der Waals surface area contributed by atoms with Crippen molar-refractivity contribution in [3.05, 3.63) is 72.1 Å². The summed E-state index contributed by atoms with van der Waals surface area (Å²) >= 11 is 0. The van der Waals surface area contributed by atoms with Gasteiger partial charge in [0.25, 0.3) is 0 Å². The summed E-state index contributed by atoms with van der Waals surface area (Å²) in [6.45, 7) is 9.51. The van der Waals surface area contributed by atoms with Gasteiger partial charge in [-0.15, -0.1) is 0 Å². The number of benzene rings is 2. The number of para-hydroxylation sites is 3. The third-order valence-corrected chi connectivity index (χ3v) is 4.77. The molecule has 5 nitrogen and oxygen atoms in total. The Bertz CT molecular complexity index is 955. The van der Waals surface area contributed by atoms with Gasteiger partial charge in [-0.05, 0) is 49.6 Å². The number of nitrogens with one attached hydrogen (secondary N) is 1. The Labute approximate surface area is 166 Å². The molecule has 0 aliphatic rings. The van der Waals surface area contributed by atoms with Gasteiger partial charge in [0.1, 0.15) is 18.2 Å². The highest BCUT2D eigenvalue weighted by Crippen LogP contribution is 2.23. The van der Waals surface area contributed by atoms with Crippen LogP contribution in [0, 0.1) is 13.8 Å². The van der Waals surface area contributed by atoms with Gasteiger partial charge in [-0.1, -0.05) is 36.9 Å². The predicted octanol–water partition coefficient (Wildman–Crippen LogP) is 3.97. The first-order valence-corrected chi connectivity index (χ1v) is 9.63. The molecule has 1 amide bonds. The van der Waals surface area contributed by atoms with E-state index in [2.05, 4.69) is 48.5 Å². The van der Waals surface area contributed by atoms with Crippen molar-refractivity contribution < 1.29 is 9.53 Å².